The maximum absolute atomic E-state index is 12.8. The molecule has 3 atom stereocenters. The summed E-state index contributed by atoms with van der Waals surface area (Å²) in [6.45, 7) is 0. The van der Waals surface area contributed by atoms with Crippen molar-refractivity contribution in [3.05, 3.63) is 72.4 Å². The number of pyridine rings is 1. The first-order valence-electron chi connectivity index (χ1n) is 9.56. The quantitative estimate of drug-likeness (QED) is 0.688. The third-order valence-corrected chi connectivity index (χ3v) is 5.62. The van der Waals surface area contributed by atoms with E-state index in [1.165, 1.54) is 0 Å². The van der Waals surface area contributed by atoms with Crippen molar-refractivity contribution in [2.45, 2.75) is 19.3 Å². The Kier molecular flexibility index (Phi) is 4.24. The van der Waals surface area contributed by atoms with E-state index in [9.17, 15) is 4.79 Å². The van der Waals surface area contributed by atoms with Gasteiger partial charge in [0.1, 0.15) is 0 Å². The summed E-state index contributed by atoms with van der Waals surface area (Å²) in [7, 11) is 0. The molecule has 2 aliphatic rings. The number of amides is 1. The molecule has 0 spiro atoms. The maximum Gasteiger partial charge on any atom is 0.231 e. The molecule has 5 rings (SSSR count). The van der Waals surface area contributed by atoms with Crippen molar-refractivity contribution in [3.8, 4) is 11.4 Å². The Morgan fingerprint density at radius 1 is 1.14 bits per heavy atom. The third-order valence-electron chi connectivity index (χ3n) is 5.62. The molecule has 0 radical (unpaired) electrons. The van der Waals surface area contributed by atoms with Gasteiger partial charge in [-0.05, 0) is 48.4 Å². The number of benzene rings is 1. The van der Waals surface area contributed by atoms with Crippen LogP contribution in [-0.2, 0) is 11.2 Å². The molecule has 2 bridgehead atoms. The van der Waals surface area contributed by atoms with E-state index in [1.54, 1.807) is 12.4 Å². The standard InChI is InChI=1S/C22H20N4O2/c27-22(18-11-14-7-8-15(18)10-14)24-19-6-2-1-4-16(19)12-20-25-21(26-28-20)17-5-3-9-23-13-17/h1-9,13-15,18H,10-12H2,(H,24,27). The summed E-state index contributed by atoms with van der Waals surface area (Å²) in [5.74, 6) is 2.15. The Bertz CT molecular complexity index is 1030. The summed E-state index contributed by atoms with van der Waals surface area (Å²) in [4.78, 5) is 21.3. The summed E-state index contributed by atoms with van der Waals surface area (Å²) in [5.41, 5.74) is 2.57. The molecule has 6 heteroatoms. The van der Waals surface area contributed by atoms with Crippen molar-refractivity contribution < 1.29 is 9.32 Å². The first-order valence-corrected chi connectivity index (χ1v) is 9.56. The van der Waals surface area contributed by atoms with Crippen LogP contribution >= 0.6 is 0 Å². The van der Waals surface area contributed by atoms with Gasteiger partial charge in [-0.25, -0.2) is 0 Å². The number of aromatic nitrogens is 3. The number of carbonyl (C=O) groups is 1. The highest BCUT2D eigenvalue weighted by molar-refractivity contribution is 5.94. The van der Waals surface area contributed by atoms with Crippen molar-refractivity contribution >= 4 is 11.6 Å². The number of allylic oxidation sites excluding steroid dienone is 2. The molecule has 6 nitrogen and oxygen atoms in total. The maximum atomic E-state index is 12.8. The van der Waals surface area contributed by atoms with Crippen LogP contribution in [0.2, 0.25) is 0 Å². The van der Waals surface area contributed by atoms with Crippen LogP contribution in [0.15, 0.2) is 65.5 Å². The monoisotopic (exact) mass is 372 g/mol. The van der Waals surface area contributed by atoms with Crippen LogP contribution in [0.3, 0.4) is 0 Å². The second-order valence-corrected chi connectivity index (χ2v) is 7.46. The predicted octanol–water partition coefficient (Wildman–Crippen LogP) is 3.87. The van der Waals surface area contributed by atoms with Gasteiger partial charge in [0.25, 0.3) is 0 Å². The summed E-state index contributed by atoms with van der Waals surface area (Å²) < 4.78 is 5.41. The summed E-state index contributed by atoms with van der Waals surface area (Å²) in [6, 6.07) is 11.5. The van der Waals surface area contributed by atoms with E-state index in [2.05, 4.69) is 32.6 Å². The first-order chi connectivity index (χ1) is 13.8. The molecule has 1 fully saturated rings. The molecule has 2 aromatic heterocycles. The van der Waals surface area contributed by atoms with Crippen molar-refractivity contribution in [1.82, 2.24) is 15.1 Å². The van der Waals surface area contributed by atoms with E-state index in [1.807, 2.05) is 36.4 Å². The van der Waals surface area contributed by atoms with Crippen molar-refractivity contribution in [2.24, 2.45) is 17.8 Å². The molecule has 3 aromatic rings. The number of hydrogen-bond acceptors (Lipinski definition) is 5. The summed E-state index contributed by atoms with van der Waals surface area (Å²) in [5, 5.41) is 7.16. The normalized spacial score (nSPS) is 22.5. The van der Waals surface area contributed by atoms with Crippen LogP contribution in [0.4, 0.5) is 5.69 Å². The Hall–Kier alpha value is -3.28. The molecule has 28 heavy (non-hydrogen) atoms. The molecule has 0 saturated heterocycles. The largest absolute Gasteiger partial charge is 0.339 e. The van der Waals surface area contributed by atoms with E-state index in [0.717, 1.165) is 29.7 Å². The third kappa shape index (κ3) is 3.22. The van der Waals surface area contributed by atoms with Gasteiger partial charge in [0, 0.05) is 29.6 Å². The van der Waals surface area contributed by atoms with E-state index < -0.39 is 0 Å². The minimum atomic E-state index is 0.0728. The van der Waals surface area contributed by atoms with Crippen LogP contribution in [0.25, 0.3) is 11.4 Å². The molecule has 1 amide bonds. The van der Waals surface area contributed by atoms with Crippen molar-refractivity contribution in [2.75, 3.05) is 5.32 Å². The average molecular weight is 372 g/mol. The SMILES string of the molecule is O=C(Nc1ccccc1Cc1nc(-c2cccnc2)no1)C1CC2C=CC1C2. The van der Waals surface area contributed by atoms with Crippen LogP contribution in [-0.4, -0.2) is 21.0 Å². The number of anilines is 1. The predicted molar refractivity (Wildman–Crippen MR) is 104 cm³/mol. The lowest BCUT2D eigenvalue weighted by molar-refractivity contribution is -0.120. The average Bonchev–Trinajstić information content (AvgIpc) is 3.47. The first kappa shape index (κ1) is 16.9. The Morgan fingerprint density at radius 3 is 2.86 bits per heavy atom. The fourth-order valence-electron chi connectivity index (χ4n) is 4.21. The van der Waals surface area contributed by atoms with Gasteiger partial charge in [0.05, 0.1) is 6.42 Å². The smallest absolute Gasteiger partial charge is 0.231 e. The second kappa shape index (κ2) is 7.03. The van der Waals surface area contributed by atoms with Crippen LogP contribution in [0, 0.1) is 17.8 Å². The Balaban J connectivity index is 1.32. The van der Waals surface area contributed by atoms with Crippen molar-refractivity contribution in [3.63, 3.8) is 0 Å². The topological polar surface area (TPSA) is 80.9 Å². The molecule has 1 saturated carbocycles. The molecule has 1 aromatic carbocycles. The highest BCUT2D eigenvalue weighted by Gasteiger charge is 2.39. The molecule has 3 unspecified atom stereocenters. The number of rotatable bonds is 5. The minimum Gasteiger partial charge on any atom is -0.339 e. The lowest BCUT2D eigenvalue weighted by atomic mass is 9.92. The second-order valence-electron chi connectivity index (χ2n) is 7.46. The van der Waals surface area contributed by atoms with Gasteiger partial charge in [-0.15, -0.1) is 0 Å². The zero-order valence-corrected chi connectivity index (χ0v) is 15.3. The zero-order chi connectivity index (χ0) is 18.9. The highest BCUT2D eigenvalue weighted by atomic mass is 16.5. The molecule has 0 aliphatic heterocycles. The van der Waals surface area contributed by atoms with Crippen LogP contribution in [0.5, 0.6) is 0 Å². The van der Waals surface area contributed by atoms with Gasteiger partial charge in [0.15, 0.2) is 0 Å². The van der Waals surface area contributed by atoms with Gasteiger partial charge in [-0.1, -0.05) is 35.5 Å². The van der Waals surface area contributed by atoms with Gasteiger partial charge in [-0.3, -0.25) is 9.78 Å². The number of hydrogen-bond donors (Lipinski definition) is 1. The Labute approximate surface area is 162 Å². The number of fused-ring (bicyclic) bond motifs is 2. The number of para-hydroxylation sites is 1. The lowest BCUT2D eigenvalue weighted by Gasteiger charge is -2.18. The number of nitrogens with zero attached hydrogens (tertiary/aromatic N) is 3. The van der Waals surface area contributed by atoms with E-state index in [0.29, 0.717) is 30.0 Å². The fraction of sp³-hybridized carbons (Fsp3) is 0.273. The molecule has 1 N–H and O–H groups in total. The fourth-order valence-corrected chi connectivity index (χ4v) is 4.21. The molecule has 140 valence electrons. The number of nitrogens with one attached hydrogen (secondary N) is 1. The van der Waals surface area contributed by atoms with Gasteiger partial charge in [0.2, 0.25) is 17.6 Å². The molecule has 2 heterocycles. The highest BCUT2D eigenvalue weighted by Crippen LogP contribution is 2.43. The Morgan fingerprint density at radius 2 is 2.07 bits per heavy atom. The van der Waals surface area contributed by atoms with Gasteiger partial charge in [-0.2, -0.15) is 4.98 Å². The molecular weight excluding hydrogens is 352 g/mol. The summed E-state index contributed by atoms with van der Waals surface area (Å²) >= 11 is 0. The van der Waals surface area contributed by atoms with E-state index in [-0.39, 0.29) is 11.8 Å². The van der Waals surface area contributed by atoms with Gasteiger partial charge < -0.3 is 9.84 Å². The minimum absolute atomic E-state index is 0.0728. The van der Waals surface area contributed by atoms with E-state index in [4.69, 9.17) is 4.52 Å². The van der Waals surface area contributed by atoms with Crippen LogP contribution < -0.4 is 5.32 Å². The molecular formula is C22H20N4O2. The van der Waals surface area contributed by atoms with Crippen LogP contribution in [0.1, 0.15) is 24.3 Å². The lowest BCUT2D eigenvalue weighted by Crippen LogP contribution is -2.26. The van der Waals surface area contributed by atoms with Crippen molar-refractivity contribution in [1.29, 1.82) is 0 Å². The zero-order valence-electron chi connectivity index (χ0n) is 15.3. The number of carbonyl (C=O) groups excluding carboxylic acids is 1. The summed E-state index contributed by atoms with van der Waals surface area (Å²) in [6.07, 6.45) is 10.4. The molecule has 2 aliphatic carbocycles. The van der Waals surface area contributed by atoms with Gasteiger partial charge >= 0.3 is 0 Å². The van der Waals surface area contributed by atoms with E-state index >= 15 is 0 Å².